The Labute approximate surface area is 96.2 Å². The Morgan fingerprint density at radius 1 is 1.59 bits per heavy atom. The number of amides is 1. The number of furan rings is 1. The van der Waals surface area contributed by atoms with Crippen LogP contribution in [0.5, 0.6) is 0 Å². The second-order valence-electron chi connectivity index (χ2n) is 3.19. The van der Waals surface area contributed by atoms with Crippen LogP contribution in [0.2, 0.25) is 0 Å². The molecule has 0 radical (unpaired) electrons. The monoisotopic (exact) mass is 237 g/mol. The molecule has 0 atom stereocenters. The predicted octanol–water partition coefficient (Wildman–Crippen LogP) is -0.958. The largest absolute Gasteiger partial charge is 0.461 e. The predicted molar refractivity (Wildman–Crippen MR) is 55.6 cm³/mol. The standard InChI is InChI=1S/C9H11N5O3/c15-4-3-10-8(16)6-14-12-9(11-13-14)7-2-1-5-17-7/h1-2,5,15H,3-4,6H2,(H,10,16). The van der Waals surface area contributed by atoms with E-state index in [1.165, 1.54) is 6.26 Å². The van der Waals surface area contributed by atoms with Crippen molar-refractivity contribution in [2.75, 3.05) is 13.2 Å². The smallest absolute Gasteiger partial charge is 0.243 e. The number of hydrogen-bond donors (Lipinski definition) is 2. The van der Waals surface area contributed by atoms with E-state index in [0.29, 0.717) is 11.6 Å². The summed E-state index contributed by atoms with van der Waals surface area (Å²) >= 11 is 0. The Morgan fingerprint density at radius 2 is 2.47 bits per heavy atom. The first kappa shape index (κ1) is 11.3. The van der Waals surface area contributed by atoms with Crippen LogP contribution in [0.25, 0.3) is 11.6 Å². The molecule has 0 aliphatic carbocycles. The molecule has 2 aromatic rings. The van der Waals surface area contributed by atoms with Crippen LogP contribution in [0, 0.1) is 0 Å². The lowest BCUT2D eigenvalue weighted by Crippen LogP contribution is -2.30. The maximum Gasteiger partial charge on any atom is 0.243 e. The molecule has 0 aromatic carbocycles. The number of aliphatic hydroxyl groups excluding tert-OH is 1. The number of carbonyl (C=O) groups excluding carboxylic acids is 1. The molecule has 2 aromatic heterocycles. The van der Waals surface area contributed by atoms with E-state index >= 15 is 0 Å². The highest BCUT2D eigenvalue weighted by Crippen LogP contribution is 2.12. The number of aliphatic hydroxyl groups is 1. The number of aromatic nitrogens is 4. The number of nitrogens with one attached hydrogen (secondary N) is 1. The lowest BCUT2D eigenvalue weighted by Gasteiger charge is -2.00. The topological polar surface area (TPSA) is 106 Å². The summed E-state index contributed by atoms with van der Waals surface area (Å²) in [6.07, 6.45) is 1.50. The van der Waals surface area contributed by atoms with Gasteiger partial charge in [-0.2, -0.15) is 4.80 Å². The minimum absolute atomic E-state index is 0.0479. The van der Waals surface area contributed by atoms with E-state index in [9.17, 15) is 4.79 Å². The Kier molecular flexibility index (Phi) is 3.46. The van der Waals surface area contributed by atoms with Crippen molar-refractivity contribution < 1.29 is 14.3 Å². The fourth-order valence-electron chi connectivity index (χ4n) is 1.19. The summed E-state index contributed by atoms with van der Waals surface area (Å²) in [4.78, 5) is 12.5. The molecular formula is C9H11N5O3. The zero-order chi connectivity index (χ0) is 12.1. The zero-order valence-corrected chi connectivity index (χ0v) is 8.91. The zero-order valence-electron chi connectivity index (χ0n) is 8.91. The molecule has 0 saturated heterocycles. The van der Waals surface area contributed by atoms with E-state index in [1.54, 1.807) is 12.1 Å². The van der Waals surface area contributed by atoms with Crippen molar-refractivity contribution in [1.82, 2.24) is 25.5 Å². The molecule has 0 aliphatic rings. The average Bonchev–Trinajstić information content (AvgIpc) is 2.95. The van der Waals surface area contributed by atoms with Gasteiger partial charge in [0, 0.05) is 6.54 Å². The molecule has 0 unspecified atom stereocenters. The number of carbonyl (C=O) groups is 1. The van der Waals surface area contributed by atoms with Crippen LogP contribution in [0.3, 0.4) is 0 Å². The number of hydrogen-bond acceptors (Lipinski definition) is 6. The van der Waals surface area contributed by atoms with Crippen molar-refractivity contribution in [1.29, 1.82) is 0 Å². The number of nitrogens with zero attached hydrogens (tertiary/aromatic N) is 4. The second-order valence-corrected chi connectivity index (χ2v) is 3.19. The van der Waals surface area contributed by atoms with Gasteiger partial charge >= 0.3 is 0 Å². The Morgan fingerprint density at radius 3 is 3.18 bits per heavy atom. The van der Waals surface area contributed by atoms with Crippen molar-refractivity contribution in [3.63, 3.8) is 0 Å². The van der Waals surface area contributed by atoms with Crippen LogP contribution in [0.1, 0.15) is 0 Å². The summed E-state index contributed by atoms with van der Waals surface area (Å²) in [6.45, 7) is 0.0560. The lowest BCUT2D eigenvalue weighted by atomic mass is 10.4. The van der Waals surface area contributed by atoms with Crippen LogP contribution in [0.4, 0.5) is 0 Å². The first-order chi connectivity index (χ1) is 8.29. The maximum atomic E-state index is 11.3. The van der Waals surface area contributed by atoms with Crippen LogP contribution >= 0.6 is 0 Å². The highest BCUT2D eigenvalue weighted by Gasteiger charge is 2.10. The fourth-order valence-corrected chi connectivity index (χ4v) is 1.19. The van der Waals surface area contributed by atoms with E-state index in [-0.39, 0.29) is 25.6 Å². The van der Waals surface area contributed by atoms with Crippen molar-refractivity contribution in [3.05, 3.63) is 18.4 Å². The Hall–Kier alpha value is -2.22. The molecule has 0 spiro atoms. The number of tetrazole rings is 1. The number of rotatable bonds is 5. The second kappa shape index (κ2) is 5.21. The van der Waals surface area contributed by atoms with Crippen LogP contribution in [0.15, 0.2) is 22.8 Å². The SMILES string of the molecule is O=C(Cn1nnc(-c2ccco2)n1)NCCO. The third-order valence-corrected chi connectivity index (χ3v) is 1.91. The molecular weight excluding hydrogens is 226 g/mol. The van der Waals surface area contributed by atoms with Gasteiger partial charge in [0.15, 0.2) is 5.76 Å². The van der Waals surface area contributed by atoms with Crippen LogP contribution < -0.4 is 5.32 Å². The van der Waals surface area contributed by atoms with E-state index in [2.05, 4.69) is 20.7 Å². The van der Waals surface area contributed by atoms with E-state index < -0.39 is 0 Å². The minimum atomic E-state index is -0.289. The van der Waals surface area contributed by atoms with Crippen LogP contribution in [-0.4, -0.2) is 44.4 Å². The van der Waals surface area contributed by atoms with Gasteiger partial charge in [0.05, 0.1) is 12.9 Å². The molecule has 90 valence electrons. The third-order valence-electron chi connectivity index (χ3n) is 1.91. The summed E-state index contributed by atoms with van der Waals surface area (Å²) in [6, 6.07) is 3.41. The van der Waals surface area contributed by atoms with Gasteiger partial charge in [-0.3, -0.25) is 4.79 Å². The highest BCUT2D eigenvalue weighted by atomic mass is 16.3. The first-order valence-electron chi connectivity index (χ1n) is 4.99. The molecule has 8 nitrogen and oxygen atoms in total. The van der Waals surface area contributed by atoms with Gasteiger partial charge in [-0.25, -0.2) is 0 Å². The molecule has 2 N–H and O–H groups in total. The van der Waals surface area contributed by atoms with Gasteiger partial charge in [-0.05, 0) is 17.3 Å². The molecule has 0 saturated carbocycles. The van der Waals surface area contributed by atoms with Crippen molar-refractivity contribution in [2.45, 2.75) is 6.54 Å². The molecule has 0 fully saturated rings. The Bertz CT molecular complexity index is 479. The van der Waals surface area contributed by atoms with Gasteiger partial charge in [-0.1, -0.05) is 0 Å². The molecule has 2 rings (SSSR count). The summed E-state index contributed by atoms with van der Waals surface area (Å²) in [5.74, 6) is 0.527. The van der Waals surface area contributed by atoms with Gasteiger partial charge in [0.2, 0.25) is 11.7 Å². The first-order valence-corrected chi connectivity index (χ1v) is 4.99. The van der Waals surface area contributed by atoms with Crippen molar-refractivity contribution in [2.24, 2.45) is 0 Å². The molecule has 0 bridgehead atoms. The fraction of sp³-hybridized carbons (Fsp3) is 0.333. The summed E-state index contributed by atoms with van der Waals surface area (Å²) in [5.41, 5.74) is 0. The summed E-state index contributed by atoms with van der Waals surface area (Å²) in [7, 11) is 0. The quantitative estimate of drug-likeness (QED) is 0.693. The molecule has 0 aliphatic heterocycles. The van der Waals surface area contributed by atoms with Gasteiger partial charge in [0.25, 0.3) is 0 Å². The van der Waals surface area contributed by atoms with E-state index in [4.69, 9.17) is 9.52 Å². The van der Waals surface area contributed by atoms with Crippen LogP contribution in [-0.2, 0) is 11.3 Å². The Balaban J connectivity index is 1.97. The summed E-state index contributed by atoms with van der Waals surface area (Å²) in [5, 5.41) is 22.5. The third kappa shape index (κ3) is 2.88. The van der Waals surface area contributed by atoms with E-state index in [0.717, 1.165) is 4.80 Å². The van der Waals surface area contributed by atoms with Gasteiger partial charge < -0.3 is 14.8 Å². The lowest BCUT2D eigenvalue weighted by molar-refractivity contribution is -0.122. The van der Waals surface area contributed by atoms with Gasteiger partial charge in [0.1, 0.15) is 6.54 Å². The minimum Gasteiger partial charge on any atom is -0.461 e. The summed E-state index contributed by atoms with van der Waals surface area (Å²) < 4.78 is 5.09. The van der Waals surface area contributed by atoms with Gasteiger partial charge in [-0.15, -0.1) is 10.2 Å². The molecule has 2 heterocycles. The van der Waals surface area contributed by atoms with Crippen molar-refractivity contribution >= 4 is 5.91 Å². The molecule has 1 amide bonds. The highest BCUT2D eigenvalue weighted by molar-refractivity contribution is 5.75. The van der Waals surface area contributed by atoms with Crippen molar-refractivity contribution in [3.8, 4) is 11.6 Å². The average molecular weight is 237 g/mol. The normalized spacial score (nSPS) is 10.4. The molecule has 17 heavy (non-hydrogen) atoms. The molecule has 8 heteroatoms. The van der Waals surface area contributed by atoms with E-state index in [1.807, 2.05) is 0 Å². The maximum absolute atomic E-state index is 11.3.